The lowest BCUT2D eigenvalue weighted by Gasteiger charge is -2.06. The highest BCUT2D eigenvalue weighted by Crippen LogP contribution is 2.19. The quantitative estimate of drug-likeness (QED) is 0.812. The maximum absolute atomic E-state index is 13.5. The average Bonchev–Trinajstić information content (AvgIpc) is 2.29. The minimum absolute atomic E-state index is 0.203. The fraction of sp³-hybridized carbons (Fsp3) is 0.364. The van der Waals surface area contributed by atoms with Crippen LogP contribution in [0.4, 0.5) is 4.39 Å². The number of halogens is 1. The van der Waals surface area contributed by atoms with Gasteiger partial charge in [0, 0.05) is 5.75 Å². The first-order valence-corrected chi connectivity index (χ1v) is 8.02. The number of rotatable bonds is 6. The van der Waals surface area contributed by atoms with E-state index in [1.54, 1.807) is 0 Å². The smallest absolute Gasteiger partial charge is 0.335 e. The number of benzene rings is 1. The van der Waals surface area contributed by atoms with E-state index in [2.05, 4.69) is 0 Å². The van der Waals surface area contributed by atoms with E-state index in [9.17, 15) is 17.6 Å². The van der Waals surface area contributed by atoms with Crippen molar-refractivity contribution in [1.82, 2.24) is 0 Å². The van der Waals surface area contributed by atoms with Crippen molar-refractivity contribution in [2.24, 2.45) is 0 Å². The van der Waals surface area contributed by atoms with E-state index >= 15 is 0 Å². The van der Waals surface area contributed by atoms with E-state index in [1.807, 2.05) is 6.92 Å². The van der Waals surface area contributed by atoms with Crippen molar-refractivity contribution < 1.29 is 22.7 Å². The number of hydrogen-bond donors (Lipinski definition) is 1. The van der Waals surface area contributed by atoms with Crippen LogP contribution in [0.15, 0.2) is 23.1 Å². The fourth-order valence-corrected chi connectivity index (χ4v) is 3.83. The molecule has 0 fully saturated rings. The topological polar surface area (TPSA) is 71.4 Å². The molecule has 0 aromatic heterocycles. The number of carbonyl (C=O) groups is 1. The van der Waals surface area contributed by atoms with Crippen LogP contribution < -0.4 is 0 Å². The van der Waals surface area contributed by atoms with Crippen molar-refractivity contribution in [2.45, 2.75) is 11.8 Å². The minimum atomic E-state index is -3.78. The molecule has 1 N–H and O–H groups in total. The molecule has 0 aliphatic heterocycles. The molecule has 0 heterocycles. The van der Waals surface area contributed by atoms with Crippen LogP contribution in [-0.4, -0.2) is 36.8 Å². The van der Waals surface area contributed by atoms with Gasteiger partial charge < -0.3 is 5.11 Å². The van der Waals surface area contributed by atoms with Gasteiger partial charge in [-0.25, -0.2) is 17.6 Å². The van der Waals surface area contributed by atoms with Gasteiger partial charge >= 0.3 is 5.97 Å². The molecule has 0 saturated heterocycles. The number of hydrogen-bond acceptors (Lipinski definition) is 4. The van der Waals surface area contributed by atoms with E-state index in [4.69, 9.17) is 5.11 Å². The predicted octanol–water partition coefficient (Wildman–Crippen LogP) is 2.05. The standard InChI is InChI=1S/C11H13FO4S2/c1-2-17-5-6-18(15,16)10-7-8(11(13)14)3-4-9(10)12/h3-4,7H,2,5-6H2,1H3,(H,13,14). The molecule has 0 bridgehead atoms. The van der Waals surface area contributed by atoms with Crippen molar-refractivity contribution >= 4 is 27.6 Å². The third-order valence-electron chi connectivity index (χ3n) is 2.21. The number of carboxylic acid groups (broad SMARTS) is 1. The largest absolute Gasteiger partial charge is 0.478 e. The lowest BCUT2D eigenvalue weighted by molar-refractivity contribution is 0.0696. The summed E-state index contributed by atoms with van der Waals surface area (Å²) >= 11 is 1.43. The van der Waals surface area contributed by atoms with Crippen LogP contribution in [0.25, 0.3) is 0 Å². The summed E-state index contributed by atoms with van der Waals surface area (Å²) in [5, 5.41) is 8.76. The molecule has 1 aromatic carbocycles. The van der Waals surface area contributed by atoms with E-state index in [1.165, 1.54) is 11.8 Å². The third-order valence-corrected chi connectivity index (χ3v) is 5.10. The molecule has 1 aromatic rings. The number of sulfone groups is 1. The first-order valence-electron chi connectivity index (χ1n) is 5.22. The first kappa shape index (κ1) is 15.0. The molecule has 0 atom stereocenters. The van der Waals surface area contributed by atoms with E-state index in [0.29, 0.717) is 5.75 Å². The predicted molar refractivity (Wildman–Crippen MR) is 68.4 cm³/mol. The summed E-state index contributed by atoms with van der Waals surface area (Å²) in [4.78, 5) is 10.2. The minimum Gasteiger partial charge on any atom is -0.478 e. The third kappa shape index (κ3) is 3.71. The molecule has 18 heavy (non-hydrogen) atoms. The van der Waals surface area contributed by atoms with Gasteiger partial charge in [0.05, 0.1) is 11.3 Å². The van der Waals surface area contributed by atoms with Crippen molar-refractivity contribution in [1.29, 1.82) is 0 Å². The highest BCUT2D eigenvalue weighted by Gasteiger charge is 2.20. The van der Waals surface area contributed by atoms with Gasteiger partial charge in [0.2, 0.25) is 0 Å². The van der Waals surface area contributed by atoms with Crippen LogP contribution in [0.5, 0.6) is 0 Å². The van der Waals surface area contributed by atoms with Crippen LogP contribution in [-0.2, 0) is 9.84 Å². The van der Waals surface area contributed by atoms with Gasteiger partial charge in [0.25, 0.3) is 0 Å². The van der Waals surface area contributed by atoms with Crippen molar-refractivity contribution in [3.8, 4) is 0 Å². The molecule has 7 heteroatoms. The Labute approximate surface area is 109 Å². The van der Waals surface area contributed by atoms with Crippen molar-refractivity contribution in [3.63, 3.8) is 0 Å². The zero-order valence-electron chi connectivity index (χ0n) is 9.72. The Hall–Kier alpha value is -1.08. The highest BCUT2D eigenvalue weighted by atomic mass is 32.2. The van der Waals surface area contributed by atoms with E-state index in [-0.39, 0.29) is 11.3 Å². The summed E-state index contributed by atoms with van der Waals surface area (Å²) in [5.41, 5.74) is -0.238. The lowest BCUT2D eigenvalue weighted by atomic mass is 10.2. The van der Waals surface area contributed by atoms with E-state index in [0.717, 1.165) is 24.0 Å². The molecule has 0 aliphatic carbocycles. The van der Waals surface area contributed by atoms with Crippen molar-refractivity contribution in [2.75, 3.05) is 17.3 Å². The monoisotopic (exact) mass is 292 g/mol. The Kier molecular flexibility index (Phi) is 5.15. The maximum atomic E-state index is 13.5. The average molecular weight is 292 g/mol. The van der Waals surface area contributed by atoms with Gasteiger partial charge in [0.1, 0.15) is 10.7 Å². The zero-order chi connectivity index (χ0) is 13.8. The van der Waals surface area contributed by atoms with Gasteiger partial charge in [-0.05, 0) is 24.0 Å². The molecule has 0 spiro atoms. The normalized spacial score (nSPS) is 11.4. The van der Waals surface area contributed by atoms with Gasteiger partial charge in [-0.2, -0.15) is 11.8 Å². The van der Waals surface area contributed by atoms with Crippen LogP contribution >= 0.6 is 11.8 Å². The van der Waals surface area contributed by atoms with Crippen LogP contribution in [0.2, 0.25) is 0 Å². The van der Waals surface area contributed by atoms with Gasteiger partial charge in [-0.15, -0.1) is 0 Å². The SMILES string of the molecule is CCSCCS(=O)(=O)c1cc(C(=O)O)ccc1F. The summed E-state index contributed by atoms with van der Waals surface area (Å²) in [5.74, 6) is -1.27. The van der Waals surface area contributed by atoms with Crippen LogP contribution in [0.1, 0.15) is 17.3 Å². The number of carboxylic acids is 1. The van der Waals surface area contributed by atoms with Crippen LogP contribution in [0.3, 0.4) is 0 Å². The second-order valence-electron chi connectivity index (χ2n) is 3.47. The number of aromatic carboxylic acids is 1. The summed E-state index contributed by atoms with van der Waals surface area (Å²) in [6, 6.07) is 2.77. The van der Waals surface area contributed by atoms with Gasteiger partial charge in [-0.3, -0.25) is 0 Å². The molecule has 0 unspecified atom stereocenters. The molecule has 0 saturated carbocycles. The summed E-state index contributed by atoms with van der Waals surface area (Å²) in [6.45, 7) is 1.89. The molecular formula is C11H13FO4S2. The second kappa shape index (κ2) is 6.19. The lowest BCUT2D eigenvalue weighted by Crippen LogP contribution is -2.12. The molecule has 4 nitrogen and oxygen atoms in total. The summed E-state index contributed by atoms with van der Waals surface area (Å²) in [6.07, 6.45) is 0. The molecule has 0 aliphatic rings. The van der Waals surface area contributed by atoms with Gasteiger partial charge in [-0.1, -0.05) is 6.92 Å². The molecular weight excluding hydrogens is 279 g/mol. The van der Waals surface area contributed by atoms with Gasteiger partial charge in [0.15, 0.2) is 9.84 Å². The molecule has 100 valence electrons. The molecule has 0 amide bonds. The highest BCUT2D eigenvalue weighted by molar-refractivity contribution is 8.00. The first-order chi connectivity index (χ1) is 8.38. The van der Waals surface area contributed by atoms with Crippen molar-refractivity contribution in [3.05, 3.63) is 29.6 Å². The van der Waals surface area contributed by atoms with Crippen LogP contribution in [0, 0.1) is 5.82 Å². The Balaban J connectivity index is 3.07. The number of thioether (sulfide) groups is 1. The second-order valence-corrected chi connectivity index (χ2v) is 6.94. The molecule has 1 rings (SSSR count). The Morgan fingerprint density at radius 3 is 2.67 bits per heavy atom. The maximum Gasteiger partial charge on any atom is 0.335 e. The Bertz CT molecular complexity index is 540. The summed E-state index contributed by atoms with van der Waals surface area (Å²) in [7, 11) is -3.78. The summed E-state index contributed by atoms with van der Waals surface area (Å²) < 4.78 is 37.2. The zero-order valence-corrected chi connectivity index (χ0v) is 11.4. The van der Waals surface area contributed by atoms with E-state index < -0.39 is 26.5 Å². The Morgan fingerprint density at radius 2 is 2.11 bits per heavy atom. The Morgan fingerprint density at radius 1 is 1.44 bits per heavy atom. The molecule has 0 radical (unpaired) electrons. The fourth-order valence-electron chi connectivity index (χ4n) is 1.30.